The van der Waals surface area contributed by atoms with Crippen LogP contribution in [-0.4, -0.2) is 37.0 Å². The van der Waals surface area contributed by atoms with E-state index in [2.05, 4.69) is 42.0 Å². The van der Waals surface area contributed by atoms with E-state index in [0.717, 1.165) is 30.8 Å². The topological polar surface area (TPSA) is 23.6 Å². The molecule has 0 radical (unpaired) electrons. The molecule has 0 aliphatic carbocycles. The van der Waals surface area contributed by atoms with Gasteiger partial charge in [0.25, 0.3) is 5.91 Å². The van der Waals surface area contributed by atoms with Crippen LogP contribution < -0.4 is 4.90 Å². The molecule has 3 heteroatoms. The molecule has 1 saturated heterocycles. The predicted molar refractivity (Wildman–Crippen MR) is 93.1 cm³/mol. The zero-order chi connectivity index (χ0) is 16.0. The first-order chi connectivity index (χ1) is 11.1. The van der Waals surface area contributed by atoms with Crippen molar-refractivity contribution in [2.75, 3.05) is 25.0 Å². The molecule has 2 aromatic rings. The van der Waals surface area contributed by atoms with Crippen molar-refractivity contribution in [3.8, 4) is 0 Å². The van der Waals surface area contributed by atoms with Crippen LogP contribution in [0.25, 0.3) is 0 Å². The van der Waals surface area contributed by atoms with Crippen molar-refractivity contribution in [3.63, 3.8) is 0 Å². The molecule has 0 spiro atoms. The first-order valence-corrected chi connectivity index (χ1v) is 8.33. The molecule has 1 amide bonds. The van der Waals surface area contributed by atoms with E-state index in [-0.39, 0.29) is 11.9 Å². The highest BCUT2D eigenvalue weighted by atomic mass is 16.2. The van der Waals surface area contributed by atoms with E-state index in [0.29, 0.717) is 5.92 Å². The van der Waals surface area contributed by atoms with Gasteiger partial charge in [0.1, 0.15) is 0 Å². The van der Waals surface area contributed by atoms with E-state index in [1.807, 2.05) is 30.3 Å². The Hall–Kier alpha value is -2.13. The van der Waals surface area contributed by atoms with Crippen LogP contribution >= 0.6 is 0 Å². The maximum Gasteiger partial charge on any atom is 0.258 e. The van der Waals surface area contributed by atoms with Gasteiger partial charge >= 0.3 is 0 Å². The number of nitrogens with zero attached hydrogens (tertiary/aromatic N) is 2. The minimum absolute atomic E-state index is 0.132. The molecular formula is C20H22N2O. The molecule has 1 fully saturated rings. The molecule has 0 saturated carbocycles. The van der Waals surface area contributed by atoms with E-state index < -0.39 is 0 Å². The van der Waals surface area contributed by atoms with Gasteiger partial charge in [0, 0.05) is 29.8 Å². The zero-order valence-corrected chi connectivity index (χ0v) is 13.7. The third-order valence-corrected chi connectivity index (χ3v) is 5.19. The number of likely N-dealkylation sites (N-methyl/N-ethyl adjacent to an activating group) is 1. The quantitative estimate of drug-likeness (QED) is 0.806. The van der Waals surface area contributed by atoms with Crippen LogP contribution in [0, 0.1) is 6.92 Å². The van der Waals surface area contributed by atoms with Gasteiger partial charge in [-0.2, -0.15) is 0 Å². The lowest BCUT2D eigenvalue weighted by Gasteiger charge is -2.36. The third kappa shape index (κ3) is 2.36. The van der Waals surface area contributed by atoms with Crippen molar-refractivity contribution < 1.29 is 4.79 Å². The molecule has 0 N–H and O–H groups in total. The second-order valence-electron chi connectivity index (χ2n) is 6.83. The number of rotatable bonds is 1. The fraction of sp³-hybridized carbons (Fsp3) is 0.350. The summed E-state index contributed by atoms with van der Waals surface area (Å²) >= 11 is 0. The van der Waals surface area contributed by atoms with Gasteiger partial charge in [0.15, 0.2) is 0 Å². The Labute approximate surface area is 137 Å². The van der Waals surface area contributed by atoms with Crippen LogP contribution in [0.15, 0.2) is 48.5 Å². The highest BCUT2D eigenvalue weighted by Gasteiger charge is 2.43. The van der Waals surface area contributed by atoms with Crippen LogP contribution in [-0.2, 0) is 0 Å². The fourth-order valence-electron chi connectivity index (χ4n) is 4.07. The second-order valence-corrected chi connectivity index (χ2v) is 6.83. The van der Waals surface area contributed by atoms with E-state index in [9.17, 15) is 4.79 Å². The molecule has 0 aromatic heterocycles. The van der Waals surface area contributed by atoms with Crippen LogP contribution in [0.2, 0.25) is 0 Å². The number of likely N-dealkylation sites (tertiary alicyclic amines) is 1. The number of carbonyl (C=O) groups excluding carboxylic acids is 1. The molecule has 23 heavy (non-hydrogen) atoms. The van der Waals surface area contributed by atoms with Gasteiger partial charge in [0.05, 0.1) is 0 Å². The van der Waals surface area contributed by atoms with Gasteiger partial charge in [-0.25, -0.2) is 0 Å². The van der Waals surface area contributed by atoms with Crippen molar-refractivity contribution >= 4 is 11.6 Å². The van der Waals surface area contributed by atoms with Crippen molar-refractivity contribution in [1.82, 2.24) is 4.90 Å². The Morgan fingerprint density at radius 2 is 1.91 bits per heavy atom. The Morgan fingerprint density at radius 3 is 2.70 bits per heavy atom. The lowest BCUT2D eigenvalue weighted by molar-refractivity contribution is 0.0964. The van der Waals surface area contributed by atoms with Crippen LogP contribution in [0.4, 0.5) is 5.69 Å². The Bertz CT molecular complexity index is 741. The first-order valence-electron chi connectivity index (χ1n) is 8.33. The third-order valence-electron chi connectivity index (χ3n) is 5.19. The molecule has 2 aromatic carbocycles. The van der Waals surface area contributed by atoms with Gasteiger partial charge in [0.2, 0.25) is 0 Å². The molecular weight excluding hydrogens is 284 g/mol. The van der Waals surface area contributed by atoms with E-state index in [1.54, 1.807) is 0 Å². The Morgan fingerprint density at radius 1 is 1.13 bits per heavy atom. The SMILES string of the molecule is Cc1ccc2c(c1)[C@H]1CN(C)CC[C@H]1N2C(=O)c1ccccc1. The number of benzene rings is 2. The van der Waals surface area contributed by atoms with Gasteiger partial charge in [-0.05, 0) is 50.7 Å². The summed E-state index contributed by atoms with van der Waals surface area (Å²) < 4.78 is 0. The minimum atomic E-state index is 0.132. The van der Waals surface area contributed by atoms with Gasteiger partial charge < -0.3 is 9.80 Å². The number of piperidine rings is 1. The van der Waals surface area contributed by atoms with E-state index >= 15 is 0 Å². The average molecular weight is 306 g/mol. The highest BCUT2D eigenvalue weighted by Crippen LogP contribution is 2.45. The van der Waals surface area contributed by atoms with Crippen molar-refractivity contribution in [3.05, 3.63) is 65.2 Å². The molecule has 4 rings (SSSR count). The van der Waals surface area contributed by atoms with Crippen molar-refractivity contribution in [1.29, 1.82) is 0 Å². The lowest BCUT2D eigenvalue weighted by Crippen LogP contribution is -2.47. The number of hydrogen-bond donors (Lipinski definition) is 0. The monoisotopic (exact) mass is 306 g/mol. The number of carbonyl (C=O) groups is 1. The number of amides is 1. The Kier molecular flexibility index (Phi) is 3.46. The van der Waals surface area contributed by atoms with Crippen LogP contribution in [0.5, 0.6) is 0 Å². The minimum Gasteiger partial charge on any atom is -0.306 e. The van der Waals surface area contributed by atoms with Crippen LogP contribution in [0.1, 0.15) is 33.8 Å². The summed E-state index contributed by atoms with van der Waals surface area (Å²) in [6.45, 7) is 4.20. The number of aryl methyl sites for hydroxylation is 1. The predicted octanol–water partition coefficient (Wildman–Crippen LogP) is 3.44. The molecule has 2 aliphatic rings. The summed E-state index contributed by atoms with van der Waals surface area (Å²) in [5.41, 5.74) is 4.49. The van der Waals surface area contributed by atoms with E-state index in [1.165, 1.54) is 11.1 Å². The summed E-state index contributed by atoms with van der Waals surface area (Å²) in [7, 11) is 2.17. The molecule has 118 valence electrons. The average Bonchev–Trinajstić information content (AvgIpc) is 2.88. The smallest absolute Gasteiger partial charge is 0.258 e. The molecule has 0 bridgehead atoms. The van der Waals surface area contributed by atoms with Crippen molar-refractivity contribution in [2.45, 2.75) is 25.3 Å². The molecule has 2 aliphatic heterocycles. The normalized spacial score (nSPS) is 23.5. The summed E-state index contributed by atoms with van der Waals surface area (Å²) in [5, 5.41) is 0. The largest absolute Gasteiger partial charge is 0.306 e. The highest BCUT2D eigenvalue weighted by molar-refractivity contribution is 6.08. The maximum atomic E-state index is 13.1. The lowest BCUT2D eigenvalue weighted by atomic mass is 9.88. The molecule has 3 nitrogen and oxygen atoms in total. The number of anilines is 1. The van der Waals surface area contributed by atoms with Crippen LogP contribution in [0.3, 0.4) is 0 Å². The molecule has 2 heterocycles. The summed E-state index contributed by atoms with van der Waals surface area (Å²) in [6.07, 6.45) is 1.04. The first kappa shape index (κ1) is 14.5. The number of fused-ring (bicyclic) bond motifs is 3. The Balaban J connectivity index is 1.79. The zero-order valence-electron chi connectivity index (χ0n) is 13.7. The summed E-state index contributed by atoms with van der Waals surface area (Å²) in [6, 6.07) is 16.5. The van der Waals surface area contributed by atoms with E-state index in [4.69, 9.17) is 0 Å². The van der Waals surface area contributed by atoms with Gasteiger partial charge in [-0.15, -0.1) is 0 Å². The second kappa shape index (κ2) is 5.50. The number of hydrogen-bond acceptors (Lipinski definition) is 2. The van der Waals surface area contributed by atoms with Gasteiger partial charge in [-0.3, -0.25) is 4.79 Å². The van der Waals surface area contributed by atoms with Crippen molar-refractivity contribution in [2.24, 2.45) is 0 Å². The fourth-order valence-corrected chi connectivity index (χ4v) is 4.07. The maximum absolute atomic E-state index is 13.1. The standard InChI is InChI=1S/C20H22N2O/c1-14-8-9-18-16(12-14)17-13-21(2)11-10-19(17)22(18)20(23)15-6-4-3-5-7-15/h3-9,12,17,19H,10-11,13H2,1-2H3/t17-,19-/m1/s1. The summed E-state index contributed by atoms with van der Waals surface area (Å²) in [4.78, 5) is 17.6. The summed E-state index contributed by atoms with van der Waals surface area (Å²) in [5.74, 6) is 0.559. The molecule has 0 unspecified atom stereocenters. The van der Waals surface area contributed by atoms with Gasteiger partial charge in [-0.1, -0.05) is 35.9 Å². The molecule has 2 atom stereocenters.